The first kappa shape index (κ1) is 16.7. The molecule has 0 N–H and O–H groups in total. The van der Waals surface area contributed by atoms with Crippen LogP contribution >= 0.6 is 0 Å². The van der Waals surface area contributed by atoms with Gasteiger partial charge < -0.3 is 4.90 Å². The van der Waals surface area contributed by atoms with Gasteiger partial charge in [-0.3, -0.25) is 14.4 Å². The second-order valence-corrected chi connectivity index (χ2v) is 7.27. The Hall–Kier alpha value is -3.47. The summed E-state index contributed by atoms with van der Waals surface area (Å²) in [4.78, 5) is 42.2. The minimum Gasteiger partial charge on any atom is -0.359 e. The smallest absolute Gasteiger partial charge is 0.240 e. The van der Waals surface area contributed by atoms with Crippen molar-refractivity contribution in [3.8, 4) is 0 Å². The van der Waals surface area contributed by atoms with Gasteiger partial charge in [-0.05, 0) is 29.8 Å². The summed E-state index contributed by atoms with van der Waals surface area (Å²) in [6.07, 6.45) is 7.04. The minimum absolute atomic E-state index is 0.127. The predicted octanol–water partition coefficient (Wildman–Crippen LogP) is 2.65. The first-order valence-electron chi connectivity index (χ1n) is 9.32. The maximum Gasteiger partial charge on any atom is 0.240 e. The molecule has 5 nitrogen and oxygen atoms in total. The molecule has 2 aromatic rings. The molecular weight excluding hydrogens is 352 g/mol. The van der Waals surface area contributed by atoms with Crippen molar-refractivity contribution in [2.45, 2.75) is 12.1 Å². The van der Waals surface area contributed by atoms with E-state index in [-0.39, 0.29) is 23.6 Å². The van der Waals surface area contributed by atoms with Gasteiger partial charge >= 0.3 is 0 Å². The van der Waals surface area contributed by atoms with E-state index < -0.39 is 17.9 Å². The van der Waals surface area contributed by atoms with E-state index in [4.69, 9.17) is 0 Å². The van der Waals surface area contributed by atoms with Crippen molar-refractivity contribution in [1.82, 2.24) is 4.90 Å². The number of carbonyl (C=O) groups is 3. The largest absolute Gasteiger partial charge is 0.359 e. The van der Waals surface area contributed by atoms with E-state index in [2.05, 4.69) is 0 Å². The van der Waals surface area contributed by atoms with Crippen LogP contribution in [0.2, 0.25) is 0 Å². The second-order valence-electron chi connectivity index (χ2n) is 7.27. The Morgan fingerprint density at radius 3 is 2.14 bits per heavy atom. The number of benzene rings is 2. The summed E-state index contributed by atoms with van der Waals surface area (Å²) in [5.74, 6) is -1.84. The number of imide groups is 1. The molecule has 2 bridgehead atoms. The van der Waals surface area contributed by atoms with Gasteiger partial charge in [0.15, 0.2) is 5.78 Å². The van der Waals surface area contributed by atoms with Crippen molar-refractivity contribution in [1.29, 1.82) is 0 Å². The molecular formula is C23H18N2O3. The summed E-state index contributed by atoms with van der Waals surface area (Å²) in [6, 6.07) is 17.8. The molecule has 3 aliphatic heterocycles. The lowest BCUT2D eigenvalue weighted by atomic mass is 9.90. The molecule has 138 valence electrons. The van der Waals surface area contributed by atoms with Crippen LogP contribution in [0, 0.1) is 11.8 Å². The fraction of sp³-hybridized carbons (Fsp3) is 0.174. The lowest BCUT2D eigenvalue weighted by Gasteiger charge is -2.32. The van der Waals surface area contributed by atoms with Gasteiger partial charge in [-0.2, -0.15) is 0 Å². The summed E-state index contributed by atoms with van der Waals surface area (Å²) >= 11 is 0. The molecule has 28 heavy (non-hydrogen) atoms. The average molecular weight is 370 g/mol. The predicted molar refractivity (Wildman–Crippen MR) is 105 cm³/mol. The van der Waals surface area contributed by atoms with Gasteiger partial charge in [-0.1, -0.05) is 54.6 Å². The summed E-state index contributed by atoms with van der Waals surface area (Å²) < 4.78 is 0. The molecule has 5 heteroatoms. The number of anilines is 1. The molecule has 0 saturated carbocycles. The Balaban J connectivity index is 1.51. The maximum absolute atomic E-state index is 13.2. The monoisotopic (exact) mass is 370 g/mol. The Morgan fingerprint density at radius 1 is 0.786 bits per heavy atom. The maximum atomic E-state index is 13.2. The molecule has 3 heterocycles. The molecule has 5 rings (SSSR count). The van der Waals surface area contributed by atoms with E-state index in [0.717, 1.165) is 5.56 Å². The standard InChI is InChI=1S/C23H18N2O3/c26-18-12-11-17-19-20(21(18)24(17)14-13-15-7-3-1-4-8-15)23(28)25(22(19)27)16-9-5-2-6-10-16/h1-14,17,19-21H/b14-13+. The molecule has 4 atom stereocenters. The number of amides is 2. The molecule has 0 radical (unpaired) electrons. The zero-order chi connectivity index (χ0) is 19.3. The molecule has 2 fully saturated rings. The van der Waals surface area contributed by atoms with Crippen LogP contribution in [0.3, 0.4) is 0 Å². The van der Waals surface area contributed by atoms with E-state index in [1.807, 2.05) is 53.6 Å². The molecule has 4 unspecified atom stereocenters. The second kappa shape index (κ2) is 6.30. The van der Waals surface area contributed by atoms with Crippen LogP contribution in [0.4, 0.5) is 5.69 Å². The lowest BCUT2D eigenvalue weighted by Crippen LogP contribution is -2.46. The Bertz CT molecular complexity index is 1010. The number of fused-ring (bicyclic) bond motifs is 5. The zero-order valence-electron chi connectivity index (χ0n) is 15.0. The van der Waals surface area contributed by atoms with Gasteiger partial charge in [-0.15, -0.1) is 0 Å². The third-order valence-electron chi connectivity index (χ3n) is 5.77. The molecule has 2 aromatic carbocycles. The summed E-state index contributed by atoms with van der Waals surface area (Å²) in [5.41, 5.74) is 1.56. The summed E-state index contributed by atoms with van der Waals surface area (Å²) in [5, 5.41) is 0. The number of hydrogen-bond donors (Lipinski definition) is 0. The number of hydrogen-bond acceptors (Lipinski definition) is 4. The molecule has 0 aliphatic carbocycles. The Labute approximate surface area is 162 Å². The van der Waals surface area contributed by atoms with E-state index in [9.17, 15) is 14.4 Å². The van der Waals surface area contributed by atoms with Crippen molar-refractivity contribution in [2.24, 2.45) is 11.8 Å². The van der Waals surface area contributed by atoms with Crippen molar-refractivity contribution in [3.63, 3.8) is 0 Å². The number of rotatable bonds is 3. The van der Waals surface area contributed by atoms with Gasteiger partial charge in [0.2, 0.25) is 11.8 Å². The first-order valence-corrected chi connectivity index (χ1v) is 9.32. The molecule has 2 amide bonds. The van der Waals surface area contributed by atoms with Crippen LogP contribution in [-0.2, 0) is 14.4 Å². The third kappa shape index (κ3) is 2.36. The van der Waals surface area contributed by atoms with E-state index in [0.29, 0.717) is 5.69 Å². The normalized spacial score (nSPS) is 28.5. The highest BCUT2D eigenvalue weighted by Crippen LogP contribution is 2.46. The number of para-hydroxylation sites is 1. The quantitative estimate of drug-likeness (QED) is 0.780. The third-order valence-corrected chi connectivity index (χ3v) is 5.77. The van der Waals surface area contributed by atoms with Crippen molar-refractivity contribution in [3.05, 3.63) is 84.6 Å². The van der Waals surface area contributed by atoms with Gasteiger partial charge in [0, 0.05) is 6.20 Å². The number of carbonyl (C=O) groups excluding carboxylic acids is 3. The zero-order valence-corrected chi connectivity index (χ0v) is 15.0. The van der Waals surface area contributed by atoms with E-state index >= 15 is 0 Å². The lowest BCUT2D eigenvalue weighted by molar-refractivity contribution is -0.128. The summed E-state index contributed by atoms with van der Waals surface area (Å²) in [7, 11) is 0. The topological polar surface area (TPSA) is 57.7 Å². The van der Waals surface area contributed by atoms with Crippen LogP contribution in [0.25, 0.3) is 6.08 Å². The van der Waals surface area contributed by atoms with Crippen LogP contribution in [0.15, 0.2) is 79.0 Å². The molecule has 0 spiro atoms. The molecule has 0 aromatic heterocycles. The summed E-state index contributed by atoms with van der Waals surface area (Å²) in [6.45, 7) is 0. The highest BCUT2D eigenvalue weighted by Gasteiger charge is 2.63. The fourth-order valence-electron chi connectivity index (χ4n) is 4.56. The van der Waals surface area contributed by atoms with Crippen molar-refractivity contribution < 1.29 is 14.4 Å². The fourth-order valence-corrected chi connectivity index (χ4v) is 4.56. The van der Waals surface area contributed by atoms with Crippen LogP contribution in [0.1, 0.15) is 5.56 Å². The van der Waals surface area contributed by atoms with E-state index in [1.54, 1.807) is 30.3 Å². The number of nitrogens with zero attached hydrogens (tertiary/aromatic N) is 2. The highest BCUT2D eigenvalue weighted by atomic mass is 16.2. The van der Waals surface area contributed by atoms with Crippen molar-refractivity contribution in [2.75, 3.05) is 4.90 Å². The van der Waals surface area contributed by atoms with Gasteiger partial charge in [0.25, 0.3) is 0 Å². The SMILES string of the molecule is O=C1C=CC2C3C(=O)N(c4ccccc4)C(=O)C3C1N2/C=C/c1ccccc1. The van der Waals surface area contributed by atoms with Crippen LogP contribution in [0.5, 0.6) is 0 Å². The molecule has 2 saturated heterocycles. The van der Waals surface area contributed by atoms with Crippen molar-refractivity contribution >= 4 is 29.4 Å². The Morgan fingerprint density at radius 2 is 1.43 bits per heavy atom. The average Bonchev–Trinajstić information content (AvgIpc) is 3.12. The van der Waals surface area contributed by atoms with Gasteiger partial charge in [0.05, 0.1) is 23.6 Å². The Kier molecular flexibility index (Phi) is 3.76. The molecule has 3 aliphatic rings. The van der Waals surface area contributed by atoms with Crippen LogP contribution < -0.4 is 4.90 Å². The highest BCUT2D eigenvalue weighted by molar-refractivity contribution is 6.24. The van der Waals surface area contributed by atoms with E-state index in [1.165, 1.54) is 11.0 Å². The van der Waals surface area contributed by atoms with Gasteiger partial charge in [0.1, 0.15) is 6.04 Å². The van der Waals surface area contributed by atoms with Gasteiger partial charge in [-0.25, -0.2) is 4.90 Å². The van der Waals surface area contributed by atoms with Crippen LogP contribution in [-0.4, -0.2) is 34.6 Å². The first-order chi connectivity index (χ1) is 13.7. The minimum atomic E-state index is -0.652. The number of ketones is 1.